The number of nitrogens with one attached hydrogen (secondary N) is 2. The van der Waals surface area contributed by atoms with Gasteiger partial charge in [0.2, 0.25) is 0 Å². The van der Waals surface area contributed by atoms with Crippen molar-refractivity contribution >= 4 is 27.1 Å². The Balaban J connectivity index is 1.75. The maximum absolute atomic E-state index is 13.1. The molecule has 4 rings (SSSR count). The number of aromatic amines is 1. The quantitative estimate of drug-likeness (QED) is 0.505. The van der Waals surface area contributed by atoms with E-state index in [2.05, 4.69) is 20.4 Å². The van der Waals surface area contributed by atoms with Crippen molar-refractivity contribution in [3.8, 4) is 11.1 Å². The summed E-state index contributed by atoms with van der Waals surface area (Å²) >= 11 is 0. The highest BCUT2D eigenvalue weighted by Crippen LogP contribution is 2.26. The lowest BCUT2D eigenvalue weighted by atomic mass is 10.1. The third-order valence-electron chi connectivity index (χ3n) is 4.81. The minimum Gasteiger partial charge on any atom is -0.320 e. The number of sulfone groups is 1. The van der Waals surface area contributed by atoms with Gasteiger partial charge in [0.1, 0.15) is 5.56 Å². The van der Waals surface area contributed by atoms with Gasteiger partial charge in [-0.15, -0.1) is 0 Å². The number of nitrogens with zero attached hydrogens (tertiary/aromatic N) is 3. The average Bonchev–Trinajstić information content (AvgIpc) is 3.04. The highest BCUT2D eigenvalue weighted by molar-refractivity contribution is 7.90. The number of carbonyl (C=O) groups excluding carboxylic acids is 1. The van der Waals surface area contributed by atoms with Crippen LogP contribution in [0.2, 0.25) is 0 Å². The Labute approximate surface area is 177 Å². The molecule has 0 saturated heterocycles. The first-order valence-corrected chi connectivity index (χ1v) is 11.2. The Bertz CT molecular complexity index is 1470. The molecule has 0 fully saturated rings. The van der Waals surface area contributed by atoms with Crippen LogP contribution in [-0.4, -0.2) is 40.2 Å². The van der Waals surface area contributed by atoms with Crippen molar-refractivity contribution in [2.24, 2.45) is 0 Å². The van der Waals surface area contributed by atoms with Crippen molar-refractivity contribution < 1.29 is 13.2 Å². The summed E-state index contributed by atoms with van der Waals surface area (Å²) in [5.74, 6) is -0.660. The fraction of sp³-hybridized carbons (Fsp3) is 0.143. The van der Waals surface area contributed by atoms with Gasteiger partial charge in [0.15, 0.2) is 20.5 Å². The fourth-order valence-electron chi connectivity index (χ4n) is 3.37. The van der Waals surface area contributed by atoms with Crippen molar-refractivity contribution in [2.45, 2.75) is 18.9 Å². The molecule has 10 heteroatoms. The third kappa shape index (κ3) is 3.73. The number of rotatable bonds is 4. The van der Waals surface area contributed by atoms with E-state index < -0.39 is 21.3 Å². The number of hydrogen-bond donors (Lipinski definition) is 2. The predicted octanol–water partition coefficient (Wildman–Crippen LogP) is 2.36. The van der Waals surface area contributed by atoms with E-state index in [1.807, 2.05) is 37.3 Å². The van der Waals surface area contributed by atoms with E-state index in [0.717, 1.165) is 23.1 Å². The molecular formula is C21H19N5O4S. The van der Waals surface area contributed by atoms with Crippen molar-refractivity contribution in [1.82, 2.24) is 19.6 Å². The van der Waals surface area contributed by atoms with Crippen LogP contribution in [0.25, 0.3) is 16.8 Å². The monoisotopic (exact) mass is 437 g/mol. The molecule has 31 heavy (non-hydrogen) atoms. The standard InChI is InChI=1S/C21H19N5O4S/c1-12-18(20(27)24-15-9-10-16(22-11-15)31(3,29)30)21(28)26-19(23-12)17(13(2)25-26)14-7-5-4-6-8-14/h4-11,25H,1-3H3,(H,24,27). The lowest BCUT2D eigenvalue weighted by Gasteiger charge is -2.08. The van der Waals surface area contributed by atoms with Gasteiger partial charge in [0, 0.05) is 17.5 Å². The minimum atomic E-state index is -3.45. The van der Waals surface area contributed by atoms with Crippen LogP contribution in [-0.2, 0) is 9.84 Å². The number of pyridine rings is 1. The lowest BCUT2D eigenvalue weighted by Crippen LogP contribution is -2.29. The summed E-state index contributed by atoms with van der Waals surface area (Å²) in [6, 6.07) is 12.2. The van der Waals surface area contributed by atoms with E-state index in [0.29, 0.717) is 5.65 Å². The summed E-state index contributed by atoms with van der Waals surface area (Å²) in [7, 11) is -3.45. The van der Waals surface area contributed by atoms with E-state index in [1.54, 1.807) is 6.92 Å². The number of amides is 1. The van der Waals surface area contributed by atoms with Gasteiger partial charge in [-0.1, -0.05) is 30.3 Å². The van der Waals surface area contributed by atoms with E-state index in [-0.39, 0.29) is 22.0 Å². The summed E-state index contributed by atoms with van der Waals surface area (Å²) in [6.07, 6.45) is 2.26. The molecule has 0 bridgehead atoms. The molecule has 9 nitrogen and oxygen atoms in total. The van der Waals surface area contributed by atoms with Gasteiger partial charge in [-0.05, 0) is 31.5 Å². The first-order chi connectivity index (χ1) is 14.7. The second kappa shape index (κ2) is 7.47. The first kappa shape index (κ1) is 20.5. The molecule has 0 aliphatic rings. The molecule has 1 aromatic carbocycles. The maximum atomic E-state index is 13.1. The fourth-order valence-corrected chi connectivity index (χ4v) is 3.93. The van der Waals surface area contributed by atoms with Gasteiger partial charge in [0.25, 0.3) is 11.5 Å². The number of hydrogen-bond acceptors (Lipinski definition) is 6. The Morgan fingerprint density at radius 2 is 1.81 bits per heavy atom. The van der Waals surface area contributed by atoms with Crippen LogP contribution in [0, 0.1) is 13.8 Å². The minimum absolute atomic E-state index is 0.111. The molecule has 1 amide bonds. The molecule has 0 aliphatic carbocycles. The number of aryl methyl sites for hydroxylation is 2. The average molecular weight is 437 g/mol. The van der Waals surface area contributed by atoms with E-state index in [9.17, 15) is 18.0 Å². The summed E-state index contributed by atoms with van der Waals surface area (Å²) < 4.78 is 24.3. The van der Waals surface area contributed by atoms with E-state index >= 15 is 0 Å². The molecule has 3 heterocycles. The highest BCUT2D eigenvalue weighted by Gasteiger charge is 2.22. The van der Waals surface area contributed by atoms with Gasteiger partial charge in [-0.3, -0.25) is 14.7 Å². The lowest BCUT2D eigenvalue weighted by molar-refractivity contribution is 0.102. The largest absolute Gasteiger partial charge is 0.320 e. The zero-order chi connectivity index (χ0) is 22.3. The number of benzene rings is 1. The molecule has 4 aromatic rings. The van der Waals surface area contributed by atoms with Crippen LogP contribution < -0.4 is 10.9 Å². The van der Waals surface area contributed by atoms with Crippen LogP contribution in [0.1, 0.15) is 21.7 Å². The second-order valence-electron chi connectivity index (χ2n) is 7.13. The zero-order valence-electron chi connectivity index (χ0n) is 17.0. The number of fused-ring (bicyclic) bond motifs is 1. The Morgan fingerprint density at radius 3 is 2.42 bits per heavy atom. The smallest absolute Gasteiger partial charge is 0.285 e. The molecule has 0 saturated carbocycles. The van der Waals surface area contributed by atoms with E-state index in [4.69, 9.17) is 0 Å². The summed E-state index contributed by atoms with van der Waals surface area (Å²) in [5, 5.41) is 5.45. The zero-order valence-corrected chi connectivity index (χ0v) is 17.8. The van der Waals surface area contributed by atoms with Crippen LogP contribution >= 0.6 is 0 Å². The molecule has 0 radical (unpaired) electrons. The SMILES string of the molecule is Cc1nc2c(-c3ccccc3)c(C)[nH]n2c(=O)c1C(=O)Nc1ccc(S(C)(=O)=O)nc1. The molecular weight excluding hydrogens is 418 g/mol. The van der Waals surface area contributed by atoms with Crippen molar-refractivity contribution in [2.75, 3.05) is 11.6 Å². The normalized spacial score (nSPS) is 11.6. The van der Waals surface area contributed by atoms with Gasteiger partial charge >= 0.3 is 0 Å². The van der Waals surface area contributed by atoms with Crippen LogP contribution in [0.4, 0.5) is 5.69 Å². The Kier molecular flexibility index (Phi) is 4.94. The van der Waals surface area contributed by atoms with Crippen LogP contribution in [0.5, 0.6) is 0 Å². The second-order valence-corrected chi connectivity index (χ2v) is 9.09. The molecule has 0 spiro atoms. The summed E-state index contributed by atoms with van der Waals surface area (Å²) in [5.41, 5.74) is 2.74. The number of aromatic nitrogens is 4. The molecule has 0 atom stereocenters. The van der Waals surface area contributed by atoms with Crippen LogP contribution in [0.3, 0.4) is 0 Å². The van der Waals surface area contributed by atoms with Crippen LogP contribution in [0.15, 0.2) is 58.5 Å². The molecule has 3 aromatic heterocycles. The first-order valence-electron chi connectivity index (χ1n) is 9.31. The summed E-state index contributed by atoms with van der Waals surface area (Å²) in [6.45, 7) is 3.43. The molecule has 0 unspecified atom stereocenters. The van der Waals surface area contributed by atoms with Gasteiger partial charge in [-0.25, -0.2) is 22.9 Å². The Hall–Kier alpha value is -3.79. The summed E-state index contributed by atoms with van der Waals surface area (Å²) in [4.78, 5) is 34.3. The number of anilines is 1. The Morgan fingerprint density at radius 1 is 1.10 bits per heavy atom. The third-order valence-corrected chi connectivity index (χ3v) is 5.81. The van der Waals surface area contributed by atoms with Gasteiger partial charge in [-0.2, -0.15) is 0 Å². The maximum Gasteiger partial charge on any atom is 0.285 e. The molecule has 2 N–H and O–H groups in total. The molecule has 158 valence electrons. The number of carbonyl (C=O) groups is 1. The van der Waals surface area contributed by atoms with Crippen molar-refractivity contribution in [1.29, 1.82) is 0 Å². The van der Waals surface area contributed by atoms with Crippen molar-refractivity contribution in [3.63, 3.8) is 0 Å². The number of H-pyrrole nitrogens is 1. The molecule has 0 aliphatic heterocycles. The van der Waals surface area contributed by atoms with Gasteiger partial charge < -0.3 is 5.32 Å². The topological polar surface area (TPSA) is 126 Å². The van der Waals surface area contributed by atoms with Crippen molar-refractivity contribution in [3.05, 3.63) is 76.0 Å². The predicted molar refractivity (Wildman–Crippen MR) is 116 cm³/mol. The highest BCUT2D eigenvalue weighted by atomic mass is 32.2. The van der Waals surface area contributed by atoms with Gasteiger partial charge in [0.05, 0.1) is 17.6 Å². The van der Waals surface area contributed by atoms with E-state index in [1.165, 1.54) is 22.8 Å².